The van der Waals surface area contributed by atoms with Gasteiger partial charge in [-0.25, -0.2) is 9.97 Å². The highest BCUT2D eigenvalue weighted by atomic mass is 35.5. The minimum Gasteiger partial charge on any atom is -0.383 e. The number of nitrogens with zero attached hydrogens (tertiary/aromatic N) is 3. The molecule has 3 rings (SSSR count). The van der Waals surface area contributed by atoms with Gasteiger partial charge < -0.3 is 10.1 Å². The summed E-state index contributed by atoms with van der Waals surface area (Å²) in [5.74, 6) is 0.231. The lowest BCUT2D eigenvalue weighted by atomic mass is 10.2. The van der Waals surface area contributed by atoms with Gasteiger partial charge in [0.2, 0.25) is 5.91 Å². The Bertz CT molecular complexity index is 1040. The van der Waals surface area contributed by atoms with E-state index in [-0.39, 0.29) is 23.3 Å². The molecule has 0 aliphatic carbocycles. The molecule has 1 atom stereocenters. The molecule has 0 saturated carbocycles. The molecule has 28 heavy (non-hydrogen) atoms. The standard InChI is InChI=1S/C19H19ClN4O3S/c1-12(10-27-2)24-18(26)14-5-3-4-6-15(14)22-19(24)28-11-17(25)23-16-8-7-13(20)9-21-16/h3-9,12H,10-11H2,1-2H3,(H,21,23,25). The van der Waals surface area contributed by atoms with E-state index in [9.17, 15) is 9.59 Å². The van der Waals surface area contributed by atoms with Crippen LogP contribution in [-0.4, -0.2) is 39.9 Å². The summed E-state index contributed by atoms with van der Waals surface area (Å²) < 4.78 is 6.77. The Labute approximate surface area is 171 Å². The summed E-state index contributed by atoms with van der Waals surface area (Å²) in [5, 5.41) is 4.18. The van der Waals surface area contributed by atoms with Gasteiger partial charge in [-0.2, -0.15) is 0 Å². The minimum absolute atomic E-state index is 0.0782. The molecule has 2 heterocycles. The summed E-state index contributed by atoms with van der Waals surface area (Å²) in [7, 11) is 1.58. The Hall–Kier alpha value is -2.42. The van der Waals surface area contributed by atoms with Crippen molar-refractivity contribution in [3.05, 3.63) is 58.0 Å². The van der Waals surface area contributed by atoms with Crippen molar-refractivity contribution in [3.63, 3.8) is 0 Å². The van der Waals surface area contributed by atoms with Crippen molar-refractivity contribution in [2.75, 3.05) is 24.8 Å². The first kappa shape index (κ1) is 20.3. The molecule has 9 heteroatoms. The Balaban J connectivity index is 1.84. The van der Waals surface area contributed by atoms with Crippen LogP contribution in [0.3, 0.4) is 0 Å². The molecule has 1 aromatic carbocycles. The van der Waals surface area contributed by atoms with Crippen LogP contribution in [0.2, 0.25) is 5.02 Å². The smallest absolute Gasteiger partial charge is 0.262 e. The van der Waals surface area contributed by atoms with Crippen LogP contribution < -0.4 is 10.9 Å². The van der Waals surface area contributed by atoms with Crippen molar-refractivity contribution in [2.45, 2.75) is 18.1 Å². The van der Waals surface area contributed by atoms with Crippen LogP contribution in [0, 0.1) is 0 Å². The number of nitrogens with one attached hydrogen (secondary N) is 1. The lowest BCUT2D eigenvalue weighted by molar-refractivity contribution is -0.113. The first-order chi connectivity index (χ1) is 13.5. The molecule has 1 amide bonds. The normalized spacial score (nSPS) is 12.1. The maximum atomic E-state index is 13.0. The number of para-hydroxylation sites is 1. The van der Waals surface area contributed by atoms with Crippen molar-refractivity contribution in [2.24, 2.45) is 0 Å². The molecule has 0 spiro atoms. The van der Waals surface area contributed by atoms with Gasteiger partial charge in [-0.05, 0) is 31.2 Å². The number of amides is 1. The lowest BCUT2D eigenvalue weighted by Gasteiger charge is -2.18. The fourth-order valence-electron chi connectivity index (χ4n) is 2.69. The van der Waals surface area contributed by atoms with Crippen LogP contribution >= 0.6 is 23.4 Å². The zero-order valence-corrected chi connectivity index (χ0v) is 17.0. The zero-order valence-electron chi connectivity index (χ0n) is 15.4. The minimum atomic E-state index is -0.256. The summed E-state index contributed by atoms with van der Waals surface area (Å²) >= 11 is 6.99. The molecular formula is C19H19ClN4O3S. The number of aromatic nitrogens is 3. The van der Waals surface area contributed by atoms with Crippen molar-refractivity contribution in [3.8, 4) is 0 Å². The van der Waals surface area contributed by atoms with Gasteiger partial charge in [0.05, 0.1) is 34.3 Å². The highest BCUT2D eigenvalue weighted by molar-refractivity contribution is 7.99. The highest BCUT2D eigenvalue weighted by Crippen LogP contribution is 2.21. The fourth-order valence-corrected chi connectivity index (χ4v) is 3.70. The van der Waals surface area contributed by atoms with Gasteiger partial charge in [-0.15, -0.1) is 0 Å². The Morgan fingerprint density at radius 1 is 1.32 bits per heavy atom. The second kappa shape index (κ2) is 9.18. The number of methoxy groups -OCH3 is 1. The van der Waals surface area contributed by atoms with Crippen LogP contribution in [0.5, 0.6) is 0 Å². The fraction of sp³-hybridized carbons (Fsp3) is 0.263. The maximum Gasteiger partial charge on any atom is 0.262 e. The van der Waals surface area contributed by atoms with Gasteiger partial charge in [-0.1, -0.05) is 35.5 Å². The van der Waals surface area contributed by atoms with Crippen LogP contribution in [0.4, 0.5) is 5.82 Å². The van der Waals surface area contributed by atoms with E-state index in [1.807, 2.05) is 13.0 Å². The summed E-state index contributed by atoms with van der Waals surface area (Å²) in [6.07, 6.45) is 1.46. The molecule has 1 unspecified atom stereocenters. The predicted octanol–water partition coefficient (Wildman–Crippen LogP) is 3.38. The molecule has 2 aromatic heterocycles. The van der Waals surface area contributed by atoms with Crippen LogP contribution in [0.1, 0.15) is 13.0 Å². The van der Waals surface area contributed by atoms with E-state index in [4.69, 9.17) is 16.3 Å². The van der Waals surface area contributed by atoms with Crippen LogP contribution in [0.15, 0.2) is 52.5 Å². The molecule has 0 fully saturated rings. The topological polar surface area (TPSA) is 86.1 Å². The highest BCUT2D eigenvalue weighted by Gasteiger charge is 2.17. The van der Waals surface area contributed by atoms with E-state index in [1.165, 1.54) is 18.0 Å². The van der Waals surface area contributed by atoms with E-state index in [2.05, 4.69) is 15.3 Å². The SMILES string of the molecule is COCC(C)n1c(SCC(=O)Nc2ccc(Cl)cn2)nc2ccccc2c1=O. The van der Waals surface area contributed by atoms with E-state index < -0.39 is 0 Å². The van der Waals surface area contributed by atoms with E-state index >= 15 is 0 Å². The third-order valence-electron chi connectivity index (χ3n) is 3.95. The number of fused-ring (bicyclic) bond motifs is 1. The molecule has 0 saturated heterocycles. The number of hydrogen-bond donors (Lipinski definition) is 1. The molecule has 0 radical (unpaired) electrons. The van der Waals surface area contributed by atoms with Crippen molar-refractivity contribution in [1.29, 1.82) is 0 Å². The van der Waals surface area contributed by atoms with Crippen molar-refractivity contribution < 1.29 is 9.53 Å². The third-order valence-corrected chi connectivity index (χ3v) is 5.13. The number of pyridine rings is 1. The number of halogens is 1. The monoisotopic (exact) mass is 418 g/mol. The quantitative estimate of drug-likeness (QED) is 0.467. The number of benzene rings is 1. The Morgan fingerprint density at radius 3 is 2.82 bits per heavy atom. The average molecular weight is 419 g/mol. The summed E-state index contributed by atoms with van der Waals surface area (Å²) in [5.41, 5.74) is 0.438. The van der Waals surface area contributed by atoms with E-state index in [0.717, 1.165) is 0 Å². The summed E-state index contributed by atoms with van der Waals surface area (Å²) in [4.78, 5) is 33.9. The first-order valence-electron chi connectivity index (χ1n) is 8.54. The summed E-state index contributed by atoms with van der Waals surface area (Å²) in [6, 6.07) is 10.2. The van der Waals surface area contributed by atoms with Crippen molar-refractivity contribution in [1.82, 2.24) is 14.5 Å². The second-order valence-electron chi connectivity index (χ2n) is 6.09. The molecule has 1 N–H and O–H groups in total. The molecule has 7 nitrogen and oxygen atoms in total. The van der Waals surface area contributed by atoms with E-state index in [0.29, 0.717) is 33.5 Å². The van der Waals surface area contributed by atoms with Gasteiger partial charge in [0.25, 0.3) is 5.56 Å². The maximum absolute atomic E-state index is 13.0. The van der Waals surface area contributed by atoms with Gasteiger partial charge in [0.1, 0.15) is 5.82 Å². The first-order valence-corrected chi connectivity index (χ1v) is 9.90. The van der Waals surface area contributed by atoms with Gasteiger partial charge >= 0.3 is 0 Å². The molecular weight excluding hydrogens is 400 g/mol. The number of thioether (sulfide) groups is 1. The molecule has 3 aromatic rings. The molecule has 0 aliphatic heterocycles. The number of rotatable bonds is 7. The predicted molar refractivity (Wildman–Crippen MR) is 111 cm³/mol. The second-order valence-corrected chi connectivity index (χ2v) is 7.47. The van der Waals surface area contributed by atoms with Crippen LogP contribution in [-0.2, 0) is 9.53 Å². The number of carbonyl (C=O) groups is 1. The van der Waals surface area contributed by atoms with Gasteiger partial charge in [0, 0.05) is 13.3 Å². The third kappa shape index (κ3) is 4.70. The van der Waals surface area contributed by atoms with E-state index in [1.54, 1.807) is 42.0 Å². The largest absolute Gasteiger partial charge is 0.383 e. The Morgan fingerprint density at radius 2 is 2.11 bits per heavy atom. The van der Waals surface area contributed by atoms with Gasteiger partial charge in [0.15, 0.2) is 5.16 Å². The van der Waals surface area contributed by atoms with Crippen molar-refractivity contribution >= 4 is 46.0 Å². The molecule has 0 aliphatic rings. The number of carbonyl (C=O) groups excluding carboxylic acids is 1. The Kier molecular flexibility index (Phi) is 6.66. The number of ether oxygens (including phenoxy) is 1. The number of hydrogen-bond acceptors (Lipinski definition) is 6. The van der Waals surface area contributed by atoms with Crippen LogP contribution in [0.25, 0.3) is 10.9 Å². The molecule has 146 valence electrons. The zero-order chi connectivity index (χ0) is 20.1. The number of anilines is 1. The molecule has 0 bridgehead atoms. The average Bonchev–Trinajstić information content (AvgIpc) is 2.68. The lowest BCUT2D eigenvalue weighted by Crippen LogP contribution is -2.29. The summed E-state index contributed by atoms with van der Waals surface area (Å²) in [6.45, 7) is 2.23. The van der Waals surface area contributed by atoms with Gasteiger partial charge in [-0.3, -0.25) is 14.2 Å².